The van der Waals surface area contributed by atoms with Crippen LogP contribution in [0, 0.1) is 0 Å². The van der Waals surface area contributed by atoms with E-state index in [1.807, 2.05) is 18.2 Å². The van der Waals surface area contributed by atoms with Gasteiger partial charge in [0.05, 0.1) is 0 Å². The highest BCUT2D eigenvalue weighted by Gasteiger charge is 2.05. The molecule has 0 heterocycles. The van der Waals surface area contributed by atoms with Crippen molar-refractivity contribution >= 4 is 11.6 Å². The fraction of sp³-hybridized carbons (Fsp3) is 0.538. The van der Waals surface area contributed by atoms with E-state index in [9.17, 15) is 5.11 Å². The van der Waals surface area contributed by atoms with E-state index in [1.165, 1.54) is 12.8 Å². The Balaban J connectivity index is 2.52. The number of phenolic OH excluding ortho intramolecular Hbond substituents is 1. The van der Waals surface area contributed by atoms with Gasteiger partial charge in [0.1, 0.15) is 5.75 Å². The predicted octanol–water partition coefficient (Wildman–Crippen LogP) is 3.23. The molecule has 0 saturated carbocycles. The molecule has 0 unspecified atom stereocenters. The van der Waals surface area contributed by atoms with Crippen molar-refractivity contribution in [1.29, 1.82) is 0 Å². The number of halogens is 1. The van der Waals surface area contributed by atoms with Gasteiger partial charge in [-0.3, -0.25) is 4.90 Å². The molecule has 0 saturated heterocycles. The van der Waals surface area contributed by atoms with Crippen LogP contribution in [0.2, 0.25) is 0 Å². The average Bonchev–Trinajstić information content (AvgIpc) is 2.26. The summed E-state index contributed by atoms with van der Waals surface area (Å²) in [5.74, 6) is 0.988. The lowest BCUT2D eigenvalue weighted by Crippen LogP contribution is -2.26. The zero-order chi connectivity index (χ0) is 11.8. The Kier molecular flexibility index (Phi) is 6.27. The molecular weight excluding hydrogens is 222 g/mol. The fourth-order valence-electron chi connectivity index (χ4n) is 1.68. The van der Waals surface area contributed by atoms with Crippen LogP contribution in [-0.4, -0.2) is 29.0 Å². The number of unbranched alkanes of at least 4 members (excludes halogenated alkanes) is 1. The van der Waals surface area contributed by atoms with Crippen LogP contribution >= 0.6 is 11.6 Å². The minimum absolute atomic E-state index is 0.332. The minimum atomic E-state index is 0.332. The first-order valence-electron chi connectivity index (χ1n) is 5.82. The van der Waals surface area contributed by atoms with Gasteiger partial charge in [-0.2, -0.15) is 0 Å². The van der Waals surface area contributed by atoms with E-state index < -0.39 is 0 Å². The number of aromatic hydroxyl groups is 1. The van der Waals surface area contributed by atoms with Gasteiger partial charge in [-0.15, -0.1) is 11.6 Å². The van der Waals surface area contributed by atoms with Gasteiger partial charge >= 0.3 is 0 Å². The zero-order valence-corrected chi connectivity index (χ0v) is 10.6. The summed E-state index contributed by atoms with van der Waals surface area (Å²) in [6, 6.07) is 7.42. The molecule has 0 aliphatic carbocycles. The van der Waals surface area contributed by atoms with Gasteiger partial charge in [0.15, 0.2) is 0 Å². The lowest BCUT2D eigenvalue weighted by Gasteiger charge is -2.21. The third kappa shape index (κ3) is 4.86. The Morgan fingerprint density at radius 1 is 1.31 bits per heavy atom. The van der Waals surface area contributed by atoms with Gasteiger partial charge in [-0.1, -0.05) is 25.5 Å². The first kappa shape index (κ1) is 13.3. The molecule has 0 aliphatic rings. The minimum Gasteiger partial charge on any atom is -0.508 e. The van der Waals surface area contributed by atoms with Crippen LogP contribution in [0.3, 0.4) is 0 Å². The monoisotopic (exact) mass is 241 g/mol. The topological polar surface area (TPSA) is 23.5 Å². The van der Waals surface area contributed by atoms with Crippen LogP contribution in [0.15, 0.2) is 24.3 Å². The maximum atomic E-state index is 9.39. The van der Waals surface area contributed by atoms with E-state index in [0.717, 1.165) is 25.2 Å². The summed E-state index contributed by atoms with van der Waals surface area (Å²) < 4.78 is 0. The molecule has 1 aromatic rings. The van der Waals surface area contributed by atoms with Crippen LogP contribution in [0.1, 0.15) is 25.3 Å². The summed E-state index contributed by atoms with van der Waals surface area (Å²) >= 11 is 5.78. The van der Waals surface area contributed by atoms with Crippen molar-refractivity contribution in [2.75, 3.05) is 19.0 Å². The van der Waals surface area contributed by atoms with Crippen LogP contribution in [-0.2, 0) is 6.54 Å². The first-order valence-corrected chi connectivity index (χ1v) is 6.36. The van der Waals surface area contributed by atoms with Gasteiger partial charge in [0, 0.05) is 19.0 Å². The standard InChI is InChI=1S/C13H20ClNO/c1-2-3-8-15(9-7-14)11-12-5-4-6-13(16)10-12/h4-6,10,16H,2-3,7-9,11H2,1H3. The molecule has 0 amide bonds. The highest BCUT2D eigenvalue weighted by molar-refractivity contribution is 6.18. The normalized spacial score (nSPS) is 10.9. The largest absolute Gasteiger partial charge is 0.508 e. The molecule has 0 fully saturated rings. The zero-order valence-electron chi connectivity index (χ0n) is 9.82. The van der Waals surface area contributed by atoms with E-state index in [0.29, 0.717) is 11.6 Å². The summed E-state index contributed by atoms with van der Waals surface area (Å²) in [6.45, 7) is 5.02. The number of hydrogen-bond acceptors (Lipinski definition) is 2. The molecule has 1 rings (SSSR count). The Labute approximate surface area is 103 Å². The molecule has 3 heteroatoms. The molecule has 0 atom stereocenters. The van der Waals surface area contributed by atoms with Gasteiger partial charge in [0.2, 0.25) is 0 Å². The lowest BCUT2D eigenvalue weighted by molar-refractivity contribution is 0.276. The molecule has 0 aromatic heterocycles. The molecule has 0 spiro atoms. The quantitative estimate of drug-likeness (QED) is 0.741. The molecule has 1 aromatic carbocycles. The summed E-state index contributed by atoms with van der Waals surface area (Å²) in [5.41, 5.74) is 1.14. The van der Waals surface area contributed by atoms with Crippen molar-refractivity contribution in [3.63, 3.8) is 0 Å². The Bertz CT molecular complexity index is 304. The van der Waals surface area contributed by atoms with Crippen molar-refractivity contribution in [1.82, 2.24) is 4.90 Å². The van der Waals surface area contributed by atoms with E-state index >= 15 is 0 Å². The van der Waals surface area contributed by atoms with Gasteiger partial charge in [-0.25, -0.2) is 0 Å². The smallest absolute Gasteiger partial charge is 0.115 e. The van der Waals surface area contributed by atoms with E-state index in [2.05, 4.69) is 11.8 Å². The highest BCUT2D eigenvalue weighted by atomic mass is 35.5. The molecule has 16 heavy (non-hydrogen) atoms. The van der Waals surface area contributed by atoms with E-state index in [-0.39, 0.29) is 0 Å². The molecule has 0 radical (unpaired) electrons. The second-order valence-corrected chi connectivity index (χ2v) is 4.37. The van der Waals surface area contributed by atoms with Crippen molar-refractivity contribution in [2.45, 2.75) is 26.3 Å². The molecule has 2 nitrogen and oxygen atoms in total. The summed E-state index contributed by atoms with van der Waals surface area (Å²) in [5, 5.41) is 9.39. The molecular formula is C13H20ClNO. The summed E-state index contributed by atoms with van der Waals surface area (Å²) in [4.78, 5) is 2.32. The Hall–Kier alpha value is -0.730. The van der Waals surface area contributed by atoms with Gasteiger partial charge in [0.25, 0.3) is 0 Å². The molecule has 0 aliphatic heterocycles. The third-order valence-corrected chi connectivity index (χ3v) is 2.71. The maximum Gasteiger partial charge on any atom is 0.115 e. The lowest BCUT2D eigenvalue weighted by atomic mass is 10.2. The number of benzene rings is 1. The summed E-state index contributed by atoms with van der Waals surface area (Å²) in [6.07, 6.45) is 2.38. The van der Waals surface area contributed by atoms with Crippen LogP contribution < -0.4 is 0 Å². The number of alkyl halides is 1. The van der Waals surface area contributed by atoms with Crippen LogP contribution in [0.5, 0.6) is 5.75 Å². The first-order chi connectivity index (χ1) is 7.76. The Morgan fingerprint density at radius 3 is 2.75 bits per heavy atom. The molecule has 0 bridgehead atoms. The molecule has 1 N–H and O–H groups in total. The second-order valence-electron chi connectivity index (χ2n) is 3.99. The Morgan fingerprint density at radius 2 is 2.12 bits per heavy atom. The van der Waals surface area contributed by atoms with Gasteiger partial charge in [-0.05, 0) is 30.7 Å². The van der Waals surface area contributed by atoms with Crippen molar-refractivity contribution in [2.24, 2.45) is 0 Å². The number of phenols is 1. The van der Waals surface area contributed by atoms with Crippen molar-refractivity contribution in [3.8, 4) is 5.75 Å². The van der Waals surface area contributed by atoms with Crippen LogP contribution in [0.4, 0.5) is 0 Å². The maximum absolute atomic E-state index is 9.39. The molecule has 90 valence electrons. The van der Waals surface area contributed by atoms with Crippen molar-refractivity contribution < 1.29 is 5.11 Å². The number of hydrogen-bond donors (Lipinski definition) is 1. The van der Waals surface area contributed by atoms with Crippen molar-refractivity contribution in [3.05, 3.63) is 29.8 Å². The second kappa shape index (κ2) is 7.53. The summed E-state index contributed by atoms with van der Waals surface area (Å²) in [7, 11) is 0. The van der Waals surface area contributed by atoms with E-state index in [4.69, 9.17) is 11.6 Å². The fourth-order valence-corrected chi connectivity index (χ4v) is 1.92. The number of rotatable bonds is 7. The third-order valence-electron chi connectivity index (χ3n) is 2.55. The average molecular weight is 242 g/mol. The number of nitrogens with zero attached hydrogens (tertiary/aromatic N) is 1. The van der Waals surface area contributed by atoms with E-state index in [1.54, 1.807) is 6.07 Å². The SMILES string of the molecule is CCCCN(CCCl)Cc1cccc(O)c1. The van der Waals surface area contributed by atoms with Crippen LogP contribution in [0.25, 0.3) is 0 Å². The predicted molar refractivity (Wildman–Crippen MR) is 69.0 cm³/mol. The van der Waals surface area contributed by atoms with Gasteiger partial charge < -0.3 is 5.11 Å². The highest BCUT2D eigenvalue weighted by Crippen LogP contribution is 2.13.